The number of alkyl halides is 3. The number of aryl methyl sites for hydroxylation is 1. The van der Waals surface area contributed by atoms with Gasteiger partial charge in [0.25, 0.3) is 0 Å². The molecule has 0 radical (unpaired) electrons. The van der Waals surface area contributed by atoms with Gasteiger partial charge in [0.2, 0.25) is 0 Å². The molecule has 2 aromatic carbocycles. The van der Waals surface area contributed by atoms with E-state index in [9.17, 15) is 18.0 Å². The van der Waals surface area contributed by atoms with Crippen LogP contribution in [0.5, 0.6) is 0 Å². The molecule has 0 atom stereocenters. The van der Waals surface area contributed by atoms with Crippen molar-refractivity contribution < 1.29 is 18.0 Å². The van der Waals surface area contributed by atoms with Gasteiger partial charge in [-0.3, -0.25) is 4.79 Å². The van der Waals surface area contributed by atoms with E-state index in [-0.39, 0.29) is 10.8 Å². The molecule has 0 saturated carbocycles. The van der Waals surface area contributed by atoms with Gasteiger partial charge in [-0.1, -0.05) is 64.1 Å². The Balaban J connectivity index is 1.80. The second-order valence-corrected chi connectivity index (χ2v) is 9.54. The zero-order valence-corrected chi connectivity index (χ0v) is 18.1. The second kappa shape index (κ2) is 8.05. The summed E-state index contributed by atoms with van der Waals surface area (Å²) < 4.78 is 38.9. The standard InChI is InChI=1S/C26H29F3O/c1-24(2)13-14-25(3,4)23-15-18(11-12-22(23)24)7-5-9-20(17-30)19-8-6-10-21(16-19)26(27,28)29/h6,8-12,15-17H,5,7,13-14H2,1-4H3. The van der Waals surface area contributed by atoms with Crippen molar-refractivity contribution in [1.82, 2.24) is 0 Å². The molecule has 160 valence electrons. The Morgan fingerprint density at radius 2 is 1.63 bits per heavy atom. The van der Waals surface area contributed by atoms with Gasteiger partial charge in [-0.05, 0) is 70.9 Å². The van der Waals surface area contributed by atoms with Gasteiger partial charge in [-0.15, -0.1) is 0 Å². The first-order valence-corrected chi connectivity index (χ1v) is 10.4. The van der Waals surface area contributed by atoms with Crippen LogP contribution >= 0.6 is 0 Å². The number of carbonyl (C=O) groups excluding carboxylic acids is 1. The minimum absolute atomic E-state index is 0.128. The highest BCUT2D eigenvalue weighted by Gasteiger charge is 2.36. The second-order valence-electron chi connectivity index (χ2n) is 9.54. The van der Waals surface area contributed by atoms with Crippen molar-refractivity contribution >= 4 is 11.9 Å². The summed E-state index contributed by atoms with van der Waals surface area (Å²) in [6.45, 7) is 9.13. The monoisotopic (exact) mass is 414 g/mol. The predicted molar refractivity (Wildman–Crippen MR) is 116 cm³/mol. The van der Waals surface area contributed by atoms with Crippen molar-refractivity contribution in [3.63, 3.8) is 0 Å². The first-order valence-electron chi connectivity index (χ1n) is 10.4. The predicted octanol–water partition coefficient (Wildman–Crippen LogP) is 7.27. The Bertz CT molecular complexity index is 964. The third-order valence-electron chi connectivity index (χ3n) is 6.36. The molecule has 0 unspecified atom stereocenters. The summed E-state index contributed by atoms with van der Waals surface area (Å²) in [5.41, 5.74) is 4.11. The van der Waals surface area contributed by atoms with Crippen LogP contribution in [0.4, 0.5) is 13.2 Å². The molecular formula is C26H29F3O. The van der Waals surface area contributed by atoms with Crippen molar-refractivity contribution in [3.05, 3.63) is 76.4 Å². The number of hydrogen-bond acceptors (Lipinski definition) is 1. The average molecular weight is 415 g/mol. The minimum atomic E-state index is -4.42. The maximum absolute atomic E-state index is 13.0. The maximum Gasteiger partial charge on any atom is 0.416 e. The molecule has 2 aromatic rings. The summed E-state index contributed by atoms with van der Waals surface area (Å²) in [4.78, 5) is 11.5. The molecule has 0 N–H and O–H groups in total. The van der Waals surface area contributed by atoms with Crippen LogP contribution in [0.3, 0.4) is 0 Å². The highest BCUT2D eigenvalue weighted by Crippen LogP contribution is 2.46. The Kier molecular flexibility index (Phi) is 5.99. The number of fused-ring (bicyclic) bond motifs is 1. The smallest absolute Gasteiger partial charge is 0.298 e. The van der Waals surface area contributed by atoms with Gasteiger partial charge in [0.1, 0.15) is 6.29 Å². The average Bonchev–Trinajstić information content (AvgIpc) is 2.68. The third-order valence-corrected chi connectivity index (χ3v) is 6.36. The number of hydrogen-bond donors (Lipinski definition) is 0. The highest BCUT2D eigenvalue weighted by molar-refractivity contribution is 6.06. The summed E-state index contributed by atoms with van der Waals surface area (Å²) in [6, 6.07) is 11.6. The number of benzene rings is 2. The van der Waals surface area contributed by atoms with Crippen LogP contribution in [-0.2, 0) is 28.2 Å². The van der Waals surface area contributed by atoms with Crippen molar-refractivity contribution in [2.24, 2.45) is 0 Å². The molecule has 1 aliphatic carbocycles. The first kappa shape index (κ1) is 22.3. The van der Waals surface area contributed by atoms with E-state index in [1.54, 1.807) is 12.1 Å². The molecule has 1 nitrogen and oxygen atoms in total. The summed E-state index contributed by atoms with van der Waals surface area (Å²) >= 11 is 0. The van der Waals surface area contributed by atoms with Crippen LogP contribution in [0.15, 0.2) is 48.5 Å². The van der Waals surface area contributed by atoms with Gasteiger partial charge < -0.3 is 0 Å². The molecule has 1 aliphatic rings. The maximum atomic E-state index is 13.0. The van der Waals surface area contributed by atoms with Crippen molar-refractivity contribution in [2.45, 2.75) is 70.4 Å². The number of aldehydes is 1. The lowest BCUT2D eigenvalue weighted by molar-refractivity contribution is -0.137. The molecule has 3 rings (SSSR count). The van der Waals surface area contributed by atoms with Gasteiger partial charge in [-0.2, -0.15) is 13.2 Å². The Morgan fingerprint density at radius 1 is 0.967 bits per heavy atom. The van der Waals surface area contributed by atoms with Crippen LogP contribution in [0.2, 0.25) is 0 Å². The fourth-order valence-corrected chi connectivity index (χ4v) is 4.29. The molecule has 0 spiro atoms. The lowest BCUT2D eigenvalue weighted by Crippen LogP contribution is -2.33. The SMILES string of the molecule is CC1(C)CCC(C)(C)c2cc(CCC=C(C=O)c3cccc(C(F)(F)F)c3)ccc21. The molecule has 0 aromatic heterocycles. The van der Waals surface area contributed by atoms with E-state index in [4.69, 9.17) is 0 Å². The molecule has 0 saturated heterocycles. The molecule has 0 amide bonds. The Hall–Kier alpha value is -2.36. The zero-order valence-electron chi connectivity index (χ0n) is 18.1. The molecular weight excluding hydrogens is 385 g/mol. The summed E-state index contributed by atoms with van der Waals surface area (Å²) in [5, 5.41) is 0. The Morgan fingerprint density at radius 3 is 2.27 bits per heavy atom. The molecule has 4 heteroatoms. The number of rotatable bonds is 5. The molecule has 0 aliphatic heterocycles. The van der Waals surface area contributed by atoms with Crippen molar-refractivity contribution in [3.8, 4) is 0 Å². The van der Waals surface area contributed by atoms with Crippen LogP contribution in [0, 0.1) is 0 Å². The number of halogens is 3. The molecule has 0 bridgehead atoms. The topological polar surface area (TPSA) is 17.1 Å². The van der Waals surface area contributed by atoms with Gasteiger partial charge in [0.15, 0.2) is 0 Å². The quantitative estimate of drug-likeness (QED) is 0.371. The highest BCUT2D eigenvalue weighted by atomic mass is 19.4. The van der Waals surface area contributed by atoms with E-state index in [2.05, 4.69) is 45.9 Å². The van der Waals surface area contributed by atoms with Crippen LogP contribution in [0.25, 0.3) is 5.57 Å². The third kappa shape index (κ3) is 4.69. The fourth-order valence-electron chi connectivity index (χ4n) is 4.29. The largest absolute Gasteiger partial charge is 0.416 e. The van der Waals surface area contributed by atoms with E-state index in [0.29, 0.717) is 23.8 Å². The summed E-state index contributed by atoms with van der Waals surface area (Å²) in [6.07, 6.45) is 1.57. The lowest BCUT2D eigenvalue weighted by atomic mass is 9.63. The Labute approximate surface area is 177 Å². The van der Waals surface area contributed by atoms with Crippen molar-refractivity contribution in [1.29, 1.82) is 0 Å². The number of carbonyl (C=O) groups is 1. The lowest BCUT2D eigenvalue weighted by Gasteiger charge is -2.42. The minimum Gasteiger partial charge on any atom is -0.298 e. The molecule has 0 fully saturated rings. The number of allylic oxidation sites excluding steroid dienone is 2. The van der Waals surface area contributed by atoms with Crippen LogP contribution < -0.4 is 0 Å². The van der Waals surface area contributed by atoms with E-state index >= 15 is 0 Å². The van der Waals surface area contributed by atoms with E-state index < -0.39 is 11.7 Å². The normalized spacial score (nSPS) is 18.0. The van der Waals surface area contributed by atoms with Gasteiger partial charge in [-0.25, -0.2) is 0 Å². The summed E-state index contributed by atoms with van der Waals surface area (Å²) in [5.74, 6) is 0. The van der Waals surface area contributed by atoms with E-state index in [1.165, 1.54) is 22.8 Å². The van der Waals surface area contributed by atoms with Gasteiger partial charge in [0, 0.05) is 5.57 Å². The van der Waals surface area contributed by atoms with Gasteiger partial charge in [0.05, 0.1) is 5.56 Å². The van der Waals surface area contributed by atoms with Gasteiger partial charge >= 0.3 is 6.18 Å². The van der Waals surface area contributed by atoms with E-state index in [1.807, 2.05) is 0 Å². The summed E-state index contributed by atoms with van der Waals surface area (Å²) in [7, 11) is 0. The molecule has 30 heavy (non-hydrogen) atoms. The molecule has 0 heterocycles. The van der Waals surface area contributed by atoms with Crippen molar-refractivity contribution in [2.75, 3.05) is 0 Å². The fraction of sp³-hybridized carbons (Fsp3) is 0.423. The van der Waals surface area contributed by atoms with Crippen LogP contribution in [0.1, 0.15) is 74.8 Å². The van der Waals surface area contributed by atoms with Crippen LogP contribution in [-0.4, -0.2) is 6.29 Å². The zero-order chi connectivity index (χ0) is 22.2. The first-order chi connectivity index (χ1) is 13.9. The van der Waals surface area contributed by atoms with E-state index in [0.717, 1.165) is 31.4 Å².